The zero-order valence-corrected chi connectivity index (χ0v) is 17.1. The summed E-state index contributed by atoms with van der Waals surface area (Å²) in [6, 6.07) is 2.00. The van der Waals surface area contributed by atoms with Crippen LogP contribution in [0.4, 0.5) is 5.95 Å². The highest BCUT2D eigenvalue weighted by Crippen LogP contribution is 2.33. The minimum absolute atomic E-state index is 0.0590. The van der Waals surface area contributed by atoms with Gasteiger partial charge in [-0.2, -0.15) is 5.10 Å². The second kappa shape index (κ2) is 7.50. The lowest BCUT2D eigenvalue weighted by Gasteiger charge is -2.34. The molecular formula is C20H28N6O2. The van der Waals surface area contributed by atoms with Crippen molar-refractivity contribution in [2.75, 3.05) is 38.2 Å². The van der Waals surface area contributed by atoms with Crippen molar-refractivity contribution >= 4 is 11.9 Å². The molecule has 4 heterocycles. The molecule has 2 aromatic heterocycles. The normalized spacial score (nSPS) is 21.9. The van der Waals surface area contributed by atoms with E-state index in [1.807, 2.05) is 31.9 Å². The van der Waals surface area contributed by atoms with Crippen LogP contribution in [0.1, 0.15) is 33.9 Å². The fourth-order valence-electron chi connectivity index (χ4n) is 4.49. The summed E-state index contributed by atoms with van der Waals surface area (Å²) in [5, 5.41) is 4.37. The van der Waals surface area contributed by atoms with Gasteiger partial charge in [0.2, 0.25) is 5.95 Å². The average Bonchev–Trinajstić information content (AvgIpc) is 3.23. The van der Waals surface area contributed by atoms with Crippen molar-refractivity contribution in [2.24, 2.45) is 18.9 Å². The number of amides is 1. The third kappa shape index (κ3) is 3.61. The van der Waals surface area contributed by atoms with Gasteiger partial charge in [0.15, 0.2) is 0 Å². The van der Waals surface area contributed by atoms with Crippen LogP contribution < -0.4 is 4.90 Å². The number of fused-ring (bicyclic) bond motifs is 1. The van der Waals surface area contributed by atoms with E-state index in [0.717, 1.165) is 49.9 Å². The van der Waals surface area contributed by atoms with Gasteiger partial charge in [0.25, 0.3) is 5.91 Å². The number of ether oxygens (including phenoxy) is 1. The molecule has 0 N–H and O–H groups in total. The van der Waals surface area contributed by atoms with Crippen LogP contribution in [0, 0.1) is 25.7 Å². The largest absolute Gasteiger partial charge is 0.378 e. The minimum Gasteiger partial charge on any atom is -0.378 e. The van der Waals surface area contributed by atoms with Crippen LogP contribution in [-0.2, 0) is 18.4 Å². The fourth-order valence-corrected chi connectivity index (χ4v) is 4.49. The molecule has 8 nitrogen and oxygen atoms in total. The Balaban J connectivity index is 1.47. The Morgan fingerprint density at radius 1 is 1.18 bits per heavy atom. The number of anilines is 1. The monoisotopic (exact) mass is 384 g/mol. The highest BCUT2D eigenvalue weighted by molar-refractivity contribution is 5.95. The molecule has 2 aromatic rings. The number of aryl methyl sites for hydroxylation is 3. The van der Waals surface area contributed by atoms with E-state index in [-0.39, 0.29) is 5.91 Å². The van der Waals surface area contributed by atoms with Crippen molar-refractivity contribution in [1.29, 1.82) is 0 Å². The quantitative estimate of drug-likeness (QED) is 0.797. The van der Waals surface area contributed by atoms with Crippen molar-refractivity contribution in [3.63, 3.8) is 0 Å². The standard InChI is InChI=1S/C20H28N6O2/c1-13-7-14(2)22-20(21-13)25-6-5-15-8-26(10-16(15)9-25)19(27)17-11-24(3)23-18(17)12-28-4/h7,11,15-16H,5-6,8-10,12H2,1-4H3/t15-,16+/m0/s1. The fraction of sp³-hybridized carbons (Fsp3) is 0.600. The van der Waals surface area contributed by atoms with Gasteiger partial charge in [-0.3, -0.25) is 9.48 Å². The third-order valence-electron chi connectivity index (χ3n) is 5.76. The highest BCUT2D eigenvalue weighted by atomic mass is 16.5. The summed E-state index contributed by atoms with van der Waals surface area (Å²) in [6.07, 6.45) is 2.86. The highest BCUT2D eigenvalue weighted by Gasteiger charge is 2.40. The second-order valence-electron chi connectivity index (χ2n) is 8.01. The topological polar surface area (TPSA) is 76.4 Å². The van der Waals surface area contributed by atoms with Crippen molar-refractivity contribution < 1.29 is 9.53 Å². The molecule has 0 spiro atoms. The number of likely N-dealkylation sites (tertiary alicyclic amines) is 1. The van der Waals surface area contributed by atoms with Crippen LogP contribution in [0.15, 0.2) is 12.3 Å². The Labute approximate surface area is 165 Å². The molecule has 2 aliphatic heterocycles. The number of rotatable bonds is 4. The summed E-state index contributed by atoms with van der Waals surface area (Å²) in [7, 11) is 3.46. The Hall–Kier alpha value is -2.48. The van der Waals surface area contributed by atoms with Crippen molar-refractivity contribution in [2.45, 2.75) is 26.9 Å². The molecule has 150 valence electrons. The van der Waals surface area contributed by atoms with E-state index < -0.39 is 0 Å². The van der Waals surface area contributed by atoms with E-state index in [4.69, 9.17) is 4.74 Å². The van der Waals surface area contributed by atoms with Gasteiger partial charge < -0.3 is 14.5 Å². The summed E-state index contributed by atoms with van der Waals surface area (Å²) in [5.41, 5.74) is 3.35. The molecule has 2 aliphatic rings. The lowest BCUT2D eigenvalue weighted by molar-refractivity contribution is 0.0779. The van der Waals surface area contributed by atoms with E-state index in [2.05, 4.69) is 20.0 Å². The van der Waals surface area contributed by atoms with Gasteiger partial charge in [-0.05, 0) is 38.2 Å². The predicted octanol–water partition coefficient (Wildman–Crippen LogP) is 1.57. The SMILES string of the molecule is COCc1nn(C)cc1C(=O)N1C[C@@H]2CCN(c3nc(C)cc(C)n3)C[C@@H]2C1. The molecule has 0 aliphatic carbocycles. The number of nitrogens with zero attached hydrogens (tertiary/aromatic N) is 6. The maximum Gasteiger partial charge on any atom is 0.257 e. The summed E-state index contributed by atoms with van der Waals surface area (Å²) in [6.45, 7) is 7.78. The zero-order valence-electron chi connectivity index (χ0n) is 17.1. The molecule has 2 saturated heterocycles. The minimum atomic E-state index is 0.0590. The number of methoxy groups -OCH3 is 1. The van der Waals surface area contributed by atoms with E-state index in [9.17, 15) is 4.79 Å². The van der Waals surface area contributed by atoms with Crippen molar-refractivity contribution in [3.8, 4) is 0 Å². The molecule has 8 heteroatoms. The Morgan fingerprint density at radius 3 is 2.61 bits per heavy atom. The number of aromatic nitrogens is 4. The third-order valence-corrected chi connectivity index (χ3v) is 5.76. The van der Waals surface area contributed by atoms with E-state index in [1.165, 1.54) is 0 Å². The maximum atomic E-state index is 13.1. The molecule has 0 saturated carbocycles. The number of hydrogen-bond donors (Lipinski definition) is 0. The van der Waals surface area contributed by atoms with Gasteiger partial charge >= 0.3 is 0 Å². The number of piperidine rings is 1. The van der Waals surface area contributed by atoms with Crippen LogP contribution in [-0.4, -0.2) is 63.8 Å². The lowest BCUT2D eigenvalue weighted by Crippen LogP contribution is -2.41. The molecule has 28 heavy (non-hydrogen) atoms. The van der Waals surface area contributed by atoms with Gasteiger partial charge in [-0.15, -0.1) is 0 Å². The summed E-state index contributed by atoms with van der Waals surface area (Å²) in [5.74, 6) is 1.86. The summed E-state index contributed by atoms with van der Waals surface area (Å²) >= 11 is 0. The summed E-state index contributed by atoms with van der Waals surface area (Å²) in [4.78, 5) is 26.6. The first-order chi connectivity index (χ1) is 13.4. The Kier molecular flexibility index (Phi) is 5.05. The first-order valence-electron chi connectivity index (χ1n) is 9.82. The first kappa shape index (κ1) is 18.9. The molecule has 0 unspecified atom stereocenters. The second-order valence-corrected chi connectivity index (χ2v) is 8.01. The van der Waals surface area contributed by atoms with Crippen molar-refractivity contribution in [3.05, 3.63) is 34.9 Å². The molecular weight excluding hydrogens is 356 g/mol. The number of carbonyl (C=O) groups is 1. The first-order valence-corrected chi connectivity index (χ1v) is 9.82. The molecule has 0 radical (unpaired) electrons. The smallest absolute Gasteiger partial charge is 0.257 e. The molecule has 0 bridgehead atoms. The molecule has 4 rings (SSSR count). The van der Waals surface area contributed by atoms with Gasteiger partial charge in [-0.1, -0.05) is 0 Å². The number of carbonyl (C=O) groups excluding carboxylic acids is 1. The predicted molar refractivity (Wildman–Crippen MR) is 105 cm³/mol. The van der Waals surface area contributed by atoms with Gasteiger partial charge in [-0.25, -0.2) is 9.97 Å². The van der Waals surface area contributed by atoms with Gasteiger partial charge in [0, 0.05) is 57.9 Å². The lowest BCUT2D eigenvalue weighted by atomic mass is 9.89. The van der Waals surface area contributed by atoms with Crippen LogP contribution in [0.25, 0.3) is 0 Å². The molecule has 2 fully saturated rings. The Morgan fingerprint density at radius 2 is 1.89 bits per heavy atom. The maximum absolute atomic E-state index is 13.1. The van der Waals surface area contributed by atoms with E-state index in [0.29, 0.717) is 29.7 Å². The van der Waals surface area contributed by atoms with E-state index in [1.54, 1.807) is 18.0 Å². The zero-order chi connectivity index (χ0) is 19.8. The Bertz CT molecular complexity index is 859. The van der Waals surface area contributed by atoms with Gasteiger partial charge in [0.1, 0.15) is 5.69 Å². The molecule has 0 aromatic carbocycles. The van der Waals surface area contributed by atoms with E-state index >= 15 is 0 Å². The van der Waals surface area contributed by atoms with Crippen LogP contribution in [0.5, 0.6) is 0 Å². The van der Waals surface area contributed by atoms with Crippen LogP contribution in [0.2, 0.25) is 0 Å². The summed E-state index contributed by atoms with van der Waals surface area (Å²) < 4.78 is 6.89. The number of hydrogen-bond acceptors (Lipinski definition) is 6. The van der Waals surface area contributed by atoms with Crippen LogP contribution >= 0.6 is 0 Å². The average molecular weight is 384 g/mol. The van der Waals surface area contributed by atoms with Crippen LogP contribution in [0.3, 0.4) is 0 Å². The van der Waals surface area contributed by atoms with Crippen molar-refractivity contribution in [1.82, 2.24) is 24.6 Å². The van der Waals surface area contributed by atoms with Gasteiger partial charge in [0.05, 0.1) is 12.2 Å². The molecule has 1 amide bonds. The molecule has 2 atom stereocenters.